The van der Waals surface area contributed by atoms with Gasteiger partial charge in [-0.3, -0.25) is 0 Å². The highest BCUT2D eigenvalue weighted by molar-refractivity contribution is 5.34. The molecule has 6 heteroatoms. The van der Waals surface area contributed by atoms with E-state index in [1.807, 2.05) is 12.1 Å². The van der Waals surface area contributed by atoms with E-state index in [9.17, 15) is 4.39 Å². The summed E-state index contributed by atoms with van der Waals surface area (Å²) in [6.07, 6.45) is 1.55. The second kappa shape index (κ2) is 4.70. The van der Waals surface area contributed by atoms with Gasteiger partial charge in [0.1, 0.15) is 5.82 Å². The van der Waals surface area contributed by atoms with E-state index < -0.39 is 5.41 Å². The number of tetrazole rings is 1. The van der Waals surface area contributed by atoms with Gasteiger partial charge in [0.2, 0.25) is 0 Å². The van der Waals surface area contributed by atoms with Crippen LogP contribution in [-0.4, -0.2) is 33.3 Å². The largest absolute Gasteiger partial charge is 0.317 e. The number of hydrogen-bond acceptors (Lipinski definition) is 4. The zero-order valence-corrected chi connectivity index (χ0v) is 10.8. The number of piperidine rings is 1. The van der Waals surface area contributed by atoms with Crippen molar-refractivity contribution in [2.24, 2.45) is 7.05 Å². The highest BCUT2D eigenvalue weighted by Gasteiger charge is 2.41. The number of nitrogens with one attached hydrogen (secondary N) is 1. The molecular weight excluding hydrogens is 245 g/mol. The predicted molar refractivity (Wildman–Crippen MR) is 68.1 cm³/mol. The third-order valence-corrected chi connectivity index (χ3v) is 3.78. The minimum absolute atomic E-state index is 0.197. The molecule has 0 atom stereocenters. The maximum absolute atomic E-state index is 14.2. The average Bonchev–Trinajstić information content (AvgIpc) is 2.87. The second-order valence-electron chi connectivity index (χ2n) is 4.91. The lowest BCUT2D eigenvalue weighted by atomic mass is 9.72. The summed E-state index contributed by atoms with van der Waals surface area (Å²) in [4.78, 5) is 1.43. The van der Waals surface area contributed by atoms with Gasteiger partial charge in [-0.2, -0.15) is 4.80 Å². The van der Waals surface area contributed by atoms with E-state index in [0.29, 0.717) is 11.4 Å². The number of halogens is 1. The lowest BCUT2D eigenvalue weighted by Crippen LogP contribution is -2.42. The van der Waals surface area contributed by atoms with Crippen molar-refractivity contribution in [1.82, 2.24) is 25.5 Å². The van der Waals surface area contributed by atoms with Gasteiger partial charge in [0.15, 0.2) is 5.82 Å². The van der Waals surface area contributed by atoms with E-state index in [4.69, 9.17) is 0 Å². The fourth-order valence-electron chi connectivity index (χ4n) is 2.79. The van der Waals surface area contributed by atoms with E-state index in [2.05, 4.69) is 20.7 Å². The van der Waals surface area contributed by atoms with Crippen molar-refractivity contribution in [3.63, 3.8) is 0 Å². The zero-order valence-electron chi connectivity index (χ0n) is 10.8. The molecule has 0 aliphatic carbocycles. The summed E-state index contributed by atoms with van der Waals surface area (Å²) in [7, 11) is 1.73. The SMILES string of the molecule is Cn1nnc(C2(c3ccccc3F)CCNCC2)n1. The van der Waals surface area contributed by atoms with Gasteiger partial charge >= 0.3 is 0 Å². The molecule has 1 saturated heterocycles. The first-order valence-corrected chi connectivity index (χ1v) is 6.42. The standard InChI is InChI=1S/C13H16FN5/c1-19-17-12(16-18-19)13(6-8-15-9-7-13)10-4-2-3-5-11(10)14/h2-5,15H,6-9H2,1H3. The molecule has 0 unspecified atom stereocenters. The summed E-state index contributed by atoms with van der Waals surface area (Å²) in [6.45, 7) is 1.65. The van der Waals surface area contributed by atoms with E-state index in [-0.39, 0.29) is 5.82 Å². The summed E-state index contributed by atoms with van der Waals surface area (Å²) < 4.78 is 14.2. The monoisotopic (exact) mass is 261 g/mol. The zero-order chi connectivity index (χ0) is 13.3. The molecule has 0 spiro atoms. The Kier molecular flexibility index (Phi) is 3.02. The maximum Gasteiger partial charge on any atom is 0.185 e. The van der Waals surface area contributed by atoms with Crippen LogP contribution in [0.4, 0.5) is 4.39 Å². The van der Waals surface area contributed by atoms with Crippen LogP contribution in [0.5, 0.6) is 0 Å². The van der Waals surface area contributed by atoms with E-state index in [1.54, 1.807) is 13.1 Å². The molecule has 1 N–H and O–H groups in total. The molecule has 1 aromatic heterocycles. The number of aryl methyl sites for hydroxylation is 1. The molecule has 5 nitrogen and oxygen atoms in total. The summed E-state index contributed by atoms with van der Waals surface area (Å²) in [5.74, 6) is 0.415. The smallest absolute Gasteiger partial charge is 0.185 e. The highest BCUT2D eigenvalue weighted by Crippen LogP contribution is 2.39. The third-order valence-electron chi connectivity index (χ3n) is 3.78. The topological polar surface area (TPSA) is 55.6 Å². The van der Waals surface area contributed by atoms with Gasteiger partial charge in [-0.05, 0) is 37.2 Å². The van der Waals surface area contributed by atoms with Crippen LogP contribution in [0.1, 0.15) is 24.2 Å². The second-order valence-corrected chi connectivity index (χ2v) is 4.91. The van der Waals surface area contributed by atoms with Crippen molar-refractivity contribution in [2.45, 2.75) is 18.3 Å². The summed E-state index contributed by atoms with van der Waals surface area (Å²) in [5, 5.41) is 15.7. The lowest BCUT2D eigenvalue weighted by Gasteiger charge is -2.35. The Hall–Kier alpha value is -1.82. The molecule has 2 aromatic rings. The van der Waals surface area contributed by atoms with Crippen molar-refractivity contribution in [3.05, 3.63) is 41.5 Å². The fourth-order valence-corrected chi connectivity index (χ4v) is 2.79. The Morgan fingerprint density at radius 3 is 2.63 bits per heavy atom. The van der Waals surface area contributed by atoms with Gasteiger partial charge in [0, 0.05) is 5.56 Å². The fraction of sp³-hybridized carbons (Fsp3) is 0.462. The van der Waals surface area contributed by atoms with Crippen LogP contribution >= 0.6 is 0 Å². The molecule has 100 valence electrons. The van der Waals surface area contributed by atoms with Crippen LogP contribution < -0.4 is 5.32 Å². The van der Waals surface area contributed by atoms with E-state index in [1.165, 1.54) is 10.9 Å². The quantitative estimate of drug-likeness (QED) is 0.877. The van der Waals surface area contributed by atoms with Crippen LogP contribution in [0, 0.1) is 5.82 Å². The summed E-state index contributed by atoms with van der Waals surface area (Å²) in [6, 6.07) is 6.89. The average molecular weight is 261 g/mol. The maximum atomic E-state index is 14.2. The lowest BCUT2D eigenvalue weighted by molar-refractivity contribution is 0.334. The van der Waals surface area contributed by atoms with Crippen LogP contribution in [0.3, 0.4) is 0 Å². The van der Waals surface area contributed by atoms with Gasteiger partial charge in [-0.15, -0.1) is 10.2 Å². The molecule has 0 saturated carbocycles. The first kappa shape index (κ1) is 12.2. The van der Waals surface area contributed by atoms with Gasteiger partial charge in [-0.1, -0.05) is 18.2 Å². The van der Waals surface area contributed by atoms with Gasteiger partial charge in [0.25, 0.3) is 0 Å². The summed E-state index contributed by atoms with van der Waals surface area (Å²) in [5.41, 5.74) is 0.203. The third kappa shape index (κ3) is 2.02. The number of hydrogen-bond donors (Lipinski definition) is 1. The van der Waals surface area contributed by atoms with Crippen LogP contribution in [-0.2, 0) is 12.5 Å². The molecule has 0 bridgehead atoms. The number of aromatic nitrogens is 4. The van der Waals surface area contributed by atoms with Gasteiger partial charge in [0.05, 0.1) is 12.5 Å². The first-order chi connectivity index (χ1) is 9.22. The number of nitrogens with zero attached hydrogens (tertiary/aromatic N) is 4. The Balaban J connectivity index is 2.14. The van der Waals surface area contributed by atoms with Crippen LogP contribution in [0.2, 0.25) is 0 Å². The molecule has 2 heterocycles. The Morgan fingerprint density at radius 2 is 2.00 bits per heavy atom. The highest BCUT2D eigenvalue weighted by atomic mass is 19.1. The minimum atomic E-state index is -0.467. The Labute approximate surface area is 110 Å². The first-order valence-electron chi connectivity index (χ1n) is 6.42. The molecule has 1 aliphatic rings. The number of benzene rings is 1. The van der Waals surface area contributed by atoms with E-state index in [0.717, 1.165) is 25.9 Å². The molecule has 19 heavy (non-hydrogen) atoms. The predicted octanol–water partition coefficient (Wildman–Crippen LogP) is 1.02. The molecule has 1 aliphatic heterocycles. The van der Waals surface area contributed by atoms with Crippen molar-refractivity contribution in [1.29, 1.82) is 0 Å². The minimum Gasteiger partial charge on any atom is -0.317 e. The number of rotatable bonds is 2. The molecular formula is C13H16FN5. The van der Waals surface area contributed by atoms with Crippen molar-refractivity contribution >= 4 is 0 Å². The van der Waals surface area contributed by atoms with E-state index >= 15 is 0 Å². The Morgan fingerprint density at radius 1 is 1.26 bits per heavy atom. The Bertz CT molecular complexity index is 574. The normalized spacial score (nSPS) is 18.4. The molecule has 1 aromatic carbocycles. The van der Waals surface area contributed by atoms with Crippen molar-refractivity contribution in [2.75, 3.05) is 13.1 Å². The van der Waals surface area contributed by atoms with Crippen molar-refractivity contribution in [3.8, 4) is 0 Å². The van der Waals surface area contributed by atoms with Gasteiger partial charge < -0.3 is 5.32 Å². The molecule has 3 rings (SSSR count). The van der Waals surface area contributed by atoms with Gasteiger partial charge in [-0.25, -0.2) is 4.39 Å². The van der Waals surface area contributed by atoms with Crippen molar-refractivity contribution < 1.29 is 4.39 Å². The molecule has 1 fully saturated rings. The van der Waals surface area contributed by atoms with Crippen LogP contribution in [0.25, 0.3) is 0 Å². The summed E-state index contributed by atoms with van der Waals surface area (Å²) >= 11 is 0. The molecule has 0 radical (unpaired) electrons. The molecule has 0 amide bonds. The van der Waals surface area contributed by atoms with Crippen LogP contribution in [0.15, 0.2) is 24.3 Å².